The van der Waals surface area contributed by atoms with Crippen LogP contribution in [-0.4, -0.2) is 46.8 Å². The number of hydrogen-bond donors (Lipinski definition) is 1. The highest BCUT2D eigenvalue weighted by atomic mass is 35.5. The average molecular weight is 360 g/mol. The highest BCUT2D eigenvalue weighted by Crippen LogP contribution is 2.32. The van der Waals surface area contributed by atoms with Crippen LogP contribution in [0.15, 0.2) is 30.3 Å². The van der Waals surface area contributed by atoms with Crippen LogP contribution in [-0.2, 0) is 9.53 Å². The molecule has 2 aliphatic heterocycles. The molecule has 2 fully saturated rings. The van der Waals surface area contributed by atoms with Gasteiger partial charge in [-0.25, -0.2) is 0 Å². The Morgan fingerprint density at radius 1 is 1.24 bits per heavy atom. The normalized spacial score (nSPS) is 21.6. The molecule has 2 aromatic rings. The van der Waals surface area contributed by atoms with Crippen molar-refractivity contribution in [2.24, 2.45) is 0 Å². The number of aromatic amines is 1. The molecule has 0 bridgehead atoms. The number of nitrogens with one attached hydrogen (secondary N) is 1. The molecule has 0 saturated carbocycles. The van der Waals surface area contributed by atoms with E-state index >= 15 is 0 Å². The smallest absolute Gasteiger partial charge is 0.251 e. The minimum atomic E-state index is -0.212. The van der Waals surface area contributed by atoms with Crippen molar-refractivity contribution in [1.29, 1.82) is 0 Å². The lowest BCUT2D eigenvalue weighted by molar-refractivity contribution is -0.142. The van der Waals surface area contributed by atoms with Crippen LogP contribution in [0.4, 0.5) is 0 Å². The Bertz CT molecular complexity index is 747. The number of benzene rings is 1. The number of halogens is 1. The van der Waals surface area contributed by atoms with Crippen LogP contribution in [0.25, 0.3) is 11.3 Å². The van der Waals surface area contributed by atoms with Crippen molar-refractivity contribution >= 4 is 17.5 Å². The fourth-order valence-electron chi connectivity index (χ4n) is 3.74. The topological polar surface area (TPSA) is 58.2 Å². The van der Waals surface area contributed by atoms with Crippen molar-refractivity contribution in [1.82, 2.24) is 15.1 Å². The second-order valence-electron chi connectivity index (χ2n) is 6.79. The first kappa shape index (κ1) is 16.6. The zero-order chi connectivity index (χ0) is 17.2. The van der Waals surface area contributed by atoms with Crippen molar-refractivity contribution in [2.45, 2.75) is 37.7 Å². The predicted octanol–water partition coefficient (Wildman–Crippen LogP) is 3.62. The maximum absolute atomic E-state index is 12.4. The number of carbonyl (C=O) groups is 1. The summed E-state index contributed by atoms with van der Waals surface area (Å²) in [5.74, 6) is 0.564. The van der Waals surface area contributed by atoms with Crippen LogP contribution in [0, 0.1) is 0 Å². The molecule has 0 aliphatic carbocycles. The third kappa shape index (κ3) is 3.44. The monoisotopic (exact) mass is 359 g/mol. The molecular formula is C19H22ClN3O2. The van der Waals surface area contributed by atoms with E-state index in [4.69, 9.17) is 16.3 Å². The van der Waals surface area contributed by atoms with Crippen LogP contribution in [0.3, 0.4) is 0 Å². The maximum Gasteiger partial charge on any atom is 0.251 e. The Kier molecular flexibility index (Phi) is 4.77. The van der Waals surface area contributed by atoms with Crippen molar-refractivity contribution < 1.29 is 9.53 Å². The first-order valence-electron chi connectivity index (χ1n) is 8.93. The molecule has 1 N–H and O–H groups in total. The number of carbonyl (C=O) groups excluding carboxylic acids is 1. The first-order chi connectivity index (χ1) is 12.2. The minimum absolute atomic E-state index is 0.164. The fraction of sp³-hybridized carbons (Fsp3) is 0.474. The molecule has 6 heteroatoms. The average Bonchev–Trinajstić information content (AvgIpc) is 3.34. The molecule has 132 valence electrons. The summed E-state index contributed by atoms with van der Waals surface area (Å²) in [7, 11) is 0. The molecule has 25 heavy (non-hydrogen) atoms. The van der Waals surface area contributed by atoms with E-state index in [1.807, 2.05) is 29.2 Å². The number of nitrogens with zero attached hydrogens (tertiary/aromatic N) is 2. The summed E-state index contributed by atoms with van der Waals surface area (Å²) in [6, 6.07) is 9.82. The minimum Gasteiger partial charge on any atom is -0.368 e. The quantitative estimate of drug-likeness (QED) is 0.910. The Morgan fingerprint density at radius 2 is 2.04 bits per heavy atom. The van der Waals surface area contributed by atoms with Crippen LogP contribution >= 0.6 is 11.6 Å². The summed E-state index contributed by atoms with van der Waals surface area (Å²) >= 11 is 6.26. The molecule has 2 aliphatic rings. The van der Waals surface area contributed by atoms with Crippen LogP contribution < -0.4 is 0 Å². The SMILES string of the molecule is O=C([C@H]1CCCO1)N1CCC(c2cc(-c3ccccc3Cl)n[nH]2)CC1. The van der Waals surface area contributed by atoms with E-state index in [1.54, 1.807) is 0 Å². The van der Waals surface area contributed by atoms with Gasteiger partial charge in [-0.05, 0) is 37.8 Å². The molecule has 5 nitrogen and oxygen atoms in total. The lowest BCUT2D eigenvalue weighted by Gasteiger charge is -2.32. The summed E-state index contributed by atoms with van der Waals surface area (Å²) in [5, 5.41) is 8.30. The number of likely N-dealkylation sites (tertiary alicyclic amines) is 1. The van der Waals surface area contributed by atoms with Gasteiger partial charge in [-0.2, -0.15) is 5.10 Å². The van der Waals surface area contributed by atoms with E-state index in [1.165, 1.54) is 0 Å². The zero-order valence-corrected chi connectivity index (χ0v) is 14.8. The summed E-state index contributed by atoms with van der Waals surface area (Å²) < 4.78 is 5.52. The summed E-state index contributed by atoms with van der Waals surface area (Å²) in [4.78, 5) is 14.4. The van der Waals surface area contributed by atoms with Crippen molar-refractivity contribution in [3.63, 3.8) is 0 Å². The lowest BCUT2D eigenvalue weighted by Crippen LogP contribution is -2.43. The molecule has 0 spiro atoms. The van der Waals surface area contributed by atoms with Crippen molar-refractivity contribution in [3.05, 3.63) is 41.0 Å². The van der Waals surface area contributed by atoms with Crippen LogP contribution in [0.2, 0.25) is 5.02 Å². The van der Waals surface area contributed by atoms with Gasteiger partial charge in [0, 0.05) is 36.9 Å². The predicted molar refractivity (Wildman–Crippen MR) is 96.6 cm³/mol. The van der Waals surface area contributed by atoms with E-state index in [0.717, 1.165) is 55.7 Å². The summed E-state index contributed by atoms with van der Waals surface area (Å²) in [6.45, 7) is 2.28. The van der Waals surface area contributed by atoms with Gasteiger partial charge in [-0.15, -0.1) is 0 Å². The van der Waals surface area contributed by atoms with Gasteiger partial charge >= 0.3 is 0 Å². The second-order valence-corrected chi connectivity index (χ2v) is 7.20. The van der Waals surface area contributed by atoms with Gasteiger partial charge in [-0.1, -0.05) is 29.8 Å². The second kappa shape index (κ2) is 7.18. The third-order valence-electron chi connectivity index (χ3n) is 5.20. The number of H-pyrrole nitrogens is 1. The number of aromatic nitrogens is 2. The van der Waals surface area contributed by atoms with E-state index in [2.05, 4.69) is 16.3 Å². The van der Waals surface area contributed by atoms with E-state index in [-0.39, 0.29) is 12.0 Å². The molecule has 0 radical (unpaired) electrons. The standard InChI is InChI=1S/C19H22ClN3O2/c20-15-5-2-1-4-14(15)17-12-16(21-22-17)13-7-9-23(10-8-13)19(24)18-6-3-11-25-18/h1-2,4-5,12-13,18H,3,6-11H2,(H,21,22)/t18-/m1/s1. The van der Waals surface area contributed by atoms with Crippen LogP contribution in [0.1, 0.15) is 37.3 Å². The molecule has 3 heterocycles. The number of ether oxygens (including phenoxy) is 1. The molecule has 1 aromatic heterocycles. The Balaban J connectivity index is 1.40. The van der Waals surface area contributed by atoms with Gasteiger partial charge in [0.1, 0.15) is 6.10 Å². The zero-order valence-electron chi connectivity index (χ0n) is 14.1. The van der Waals surface area contributed by atoms with Gasteiger partial charge < -0.3 is 9.64 Å². The lowest BCUT2D eigenvalue weighted by atomic mass is 9.92. The van der Waals surface area contributed by atoms with E-state index in [9.17, 15) is 4.79 Å². The number of piperidine rings is 1. The highest BCUT2D eigenvalue weighted by molar-refractivity contribution is 6.33. The molecule has 1 aromatic carbocycles. The molecule has 0 unspecified atom stereocenters. The van der Waals surface area contributed by atoms with Crippen molar-refractivity contribution in [3.8, 4) is 11.3 Å². The van der Waals surface area contributed by atoms with Crippen LogP contribution in [0.5, 0.6) is 0 Å². The molecule has 1 atom stereocenters. The van der Waals surface area contributed by atoms with Gasteiger partial charge in [0.15, 0.2) is 0 Å². The fourth-order valence-corrected chi connectivity index (χ4v) is 3.97. The van der Waals surface area contributed by atoms with Gasteiger partial charge in [0.2, 0.25) is 0 Å². The largest absolute Gasteiger partial charge is 0.368 e. The summed E-state index contributed by atoms with van der Waals surface area (Å²) in [6.07, 6.45) is 3.54. The Labute approximate surface area is 152 Å². The summed E-state index contributed by atoms with van der Waals surface area (Å²) in [5.41, 5.74) is 2.94. The molecule has 1 amide bonds. The highest BCUT2D eigenvalue weighted by Gasteiger charge is 2.31. The maximum atomic E-state index is 12.4. The first-order valence-corrected chi connectivity index (χ1v) is 9.31. The Hall–Kier alpha value is -1.85. The third-order valence-corrected chi connectivity index (χ3v) is 5.53. The number of rotatable bonds is 3. The molecular weight excluding hydrogens is 338 g/mol. The van der Waals surface area contributed by atoms with Gasteiger partial charge in [-0.3, -0.25) is 9.89 Å². The van der Waals surface area contributed by atoms with Gasteiger partial charge in [0.05, 0.1) is 10.7 Å². The van der Waals surface area contributed by atoms with Gasteiger partial charge in [0.25, 0.3) is 5.91 Å². The molecule has 4 rings (SSSR count). The number of hydrogen-bond acceptors (Lipinski definition) is 3. The van der Waals surface area contributed by atoms with Crippen molar-refractivity contribution in [2.75, 3.05) is 19.7 Å². The van der Waals surface area contributed by atoms with E-state index in [0.29, 0.717) is 17.5 Å². The number of amides is 1. The van der Waals surface area contributed by atoms with E-state index < -0.39 is 0 Å². The Morgan fingerprint density at radius 3 is 2.76 bits per heavy atom. The molecule has 2 saturated heterocycles.